The summed E-state index contributed by atoms with van der Waals surface area (Å²) in [5.74, 6) is -0.0877. The van der Waals surface area contributed by atoms with Crippen LogP contribution >= 0.6 is 11.8 Å². The number of aromatic nitrogens is 1. The van der Waals surface area contributed by atoms with Crippen molar-refractivity contribution in [2.45, 2.75) is 25.3 Å². The maximum Gasteiger partial charge on any atom is 0.294 e. The molecule has 1 heterocycles. The lowest BCUT2D eigenvalue weighted by Gasteiger charge is -2.13. The highest BCUT2D eigenvalue weighted by atomic mass is 35.5. The summed E-state index contributed by atoms with van der Waals surface area (Å²) in [6.07, 6.45) is 3.25. The van der Waals surface area contributed by atoms with Crippen LogP contribution in [0.2, 0.25) is 0 Å². The van der Waals surface area contributed by atoms with E-state index in [1.165, 1.54) is 0 Å². The Balaban J connectivity index is 2.10. The van der Waals surface area contributed by atoms with Crippen LogP contribution in [0.15, 0.2) is 30.5 Å². The van der Waals surface area contributed by atoms with Gasteiger partial charge in [0.05, 0.1) is 5.52 Å². The van der Waals surface area contributed by atoms with Crippen LogP contribution in [0.5, 0.6) is 0 Å². The van der Waals surface area contributed by atoms with Crippen molar-refractivity contribution in [3.63, 3.8) is 0 Å². The average molecular weight is 383 g/mol. The molecule has 0 radical (unpaired) electrons. The summed E-state index contributed by atoms with van der Waals surface area (Å²) in [4.78, 5) is 31.8. The molecule has 0 saturated carbocycles. The van der Waals surface area contributed by atoms with E-state index in [9.17, 15) is 14.9 Å². The van der Waals surface area contributed by atoms with Crippen LogP contribution in [-0.2, 0) is 11.3 Å². The van der Waals surface area contributed by atoms with E-state index in [1.807, 2.05) is 44.6 Å². The first-order chi connectivity index (χ1) is 12.4. The molecule has 0 saturated heterocycles. The molecule has 0 aliphatic carbocycles. The fourth-order valence-corrected chi connectivity index (χ4v) is 2.91. The zero-order chi connectivity index (χ0) is 19.1. The second-order valence-electron chi connectivity index (χ2n) is 6.35. The Bertz CT molecular complexity index is 762. The van der Waals surface area contributed by atoms with Crippen molar-refractivity contribution in [2.24, 2.45) is 0 Å². The summed E-state index contributed by atoms with van der Waals surface area (Å²) in [5.41, 5.74) is 1.98. The molecule has 0 aliphatic heterocycles. The number of fused-ring (bicyclic) bond motifs is 1. The Hall–Kier alpha value is -2.16. The molecular formula is C17H23ClN4O4. The van der Waals surface area contributed by atoms with E-state index in [4.69, 9.17) is 11.8 Å². The van der Waals surface area contributed by atoms with Gasteiger partial charge in [-0.25, -0.2) is 4.84 Å². The number of rotatable bonds is 10. The van der Waals surface area contributed by atoms with Gasteiger partial charge in [-0.2, -0.15) is 0 Å². The summed E-state index contributed by atoms with van der Waals surface area (Å²) in [7, 11) is 4.02. The van der Waals surface area contributed by atoms with E-state index in [-0.39, 0.29) is 18.9 Å². The van der Waals surface area contributed by atoms with Crippen LogP contribution < -0.4 is 4.84 Å². The monoisotopic (exact) mass is 382 g/mol. The van der Waals surface area contributed by atoms with Crippen molar-refractivity contribution in [3.8, 4) is 0 Å². The van der Waals surface area contributed by atoms with Crippen molar-refractivity contribution >= 4 is 28.6 Å². The van der Waals surface area contributed by atoms with Crippen LogP contribution in [0.1, 0.15) is 23.2 Å². The predicted octanol–water partition coefficient (Wildman–Crippen LogP) is 2.49. The van der Waals surface area contributed by atoms with Gasteiger partial charge in [-0.1, -0.05) is 18.2 Å². The summed E-state index contributed by atoms with van der Waals surface area (Å²) in [6.45, 7) is 0.683. The van der Waals surface area contributed by atoms with Gasteiger partial charge in [0.2, 0.25) is 5.91 Å². The van der Waals surface area contributed by atoms with Crippen LogP contribution in [0.3, 0.4) is 0 Å². The summed E-state index contributed by atoms with van der Waals surface area (Å²) >= 11 is 5.58. The predicted molar refractivity (Wildman–Crippen MR) is 99.8 cm³/mol. The molecule has 142 valence electrons. The van der Waals surface area contributed by atoms with E-state index in [2.05, 4.69) is 14.6 Å². The van der Waals surface area contributed by atoms with Crippen molar-refractivity contribution in [1.82, 2.24) is 14.3 Å². The molecule has 0 spiro atoms. The Labute approximate surface area is 156 Å². The maximum absolute atomic E-state index is 12.7. The molecular weight excluding hydrogens is 360 g/mol. The van der Waals surface area contributed by atoms with Gasteiger partial charge in [-0.05, 0) is 50.3 Å². The van der Waals surface area contributed by atoms with Crippen LogP contribution in [0, 0.1) is 10.1 Å². The minimum Gasteiger partial charge on any atom is -0.312 e. The van der Waals surface area contributed by atoms with Gasteiger partial charge in [0.15, 0.2) is 0 Å². The quantitative estimate of drug-likeness (QED) is 0.385. The molecule has 1 unspecified atom stereocenters. The van der Waals surface area contributed by atoms with Gasteiger partial charge >= 0.3 is 0 Å². The molecule has 0 aliphatic rings. The minimum atomic E-state index is -0.875. The normalized spacial score (nSPS) is 12.5. The molecule has 1 aromatic carbocycles. The second kappa shape index (κ2) is 9.51. The first kappa shape index (κ1) is 20.2. The molecule has 1 atom stereocenters. The average Bonchev–Trinajstić information content (AvgIpc) is 2.98. The fraction of sp³-hybridized carbons (Fsp3) is 0.471. The topological polar surface area (TPSA) is 89.6 Å². The van der Waals surface area contributed by atoms with Gasteiger partial charge in [-0.3, -0.25) is 9.36 Å². The molecule has 0 bridgehead atoms. The third-order valence-corrected chi connectivity index (χ3v) is 4.44. The lowest BCUT2D eigenvalue weighted by Crippen LogP contribution is -2.29. The lowest BCUT2D eigenvalue weighted by atomic mass is 10.1. The first-order valence-corrected chi connectivity index (χ1v) is 8.70. The van der Waals surface area contributed by atoms with Crippen molar-refractivity contribution in [3.05, 3.63) is 46.1 Å². The largest absolute Gasteiger partial charge is 0.312 e. The molecule has 1 N–H and O–H groups in total. The highest BCUT2D eigenvalue weighted by Gasteiger charge is 2.16. The van der Waals surface area contributed by atoms with E-state index >= 15 is 0 Å². The number of likely N-dealkylation sites (N-methyl/N-ethyl adjacent to an activating group) is 1. The van der Waals surface area contributed by atoms with Crippen molar-refractivity contribution in [2.75, 3.05) is 27.2 Å². The maximum atomic E-state index is 12.7. The Morgan fingerprint density at radius 1 is 1.42 bits per heavy atom. The summed E-state index contributed by atoms with van der Waals surface area (Å²) in [5, 5.41) is 10.5. The number of nitrogens with one attached hydrogen (secondary N) is 1. The lowest BCUT2D eigenvalue weighted by molar-refractivity contribution is -0.758. The smallest absolute Gasteiger partial charge is 0.294 e. The molecule has 0 fully saturated rings. The minimum absolute atomic E-state index is 0.0877. The van der Waals surface area contributed by atoms with Gasteiger partial charge in [0.1, 0.15) is 6.61 Å². The molecule has 2 rings (SSSR count). The molecule has 1 aromatic heterocycles. The fourth-order valence-electron chi connectivity index (χ4n) is 2.74. The number of carbonyl (C=O) groups excluding carboxylic acids is 1. The van der Waals surface area contributed by atoms with Gasteiger partial charge < -0.3 is 9.74 Å². The third kappa shape index (κ3) is 5.42. The van der Waals surface area contributed by atoms with Crippen molar-refractivity contribution in [1.29, 1.82) is 0 Å². The summed E-state index contributed by atoms with van der Waals surface area (Å²) in [6, 6.07) is 7.30. The van der Waals surface area contributed by atoms with Gasteiger partial charge in [0.25, 0.3) is 5.09 Å². The van der Waals surface area contributed by atoms with Gasteiger partial charge in [-0.15, -0.1) is 10.1 Å². The number of carbonyl (C=O) groups is 1. The third-order valence-electron chi connectivity index (χ3n) is 4.13. The van der Waals surface area contributed by atoms with E-state index in [1.54, 1.807) is 4.57 Å². The van der Waals surface area contributed by atoms with Crippen LogP contribution in [0.4, 0.5) is 0 Å². The highest BCUT2D eigenvalue weighted by molar-refractivity contribution is 6.13. The second-order valence-corrected chi connectivity index (χ2v) is 6.57. The SMILES string of the molecule is CN(C)CCc1cn(C(=O)CCC(CO[N+](=O)[O-])NCl)c2ccccc12. The Morgan fingerprint density at radius 3 is 2.81 bits per heavy atom. The number of hydrogen-bond acceptors (Lipinski definition) is 6. The Morgan fingerprint density at radius 2 is 2.15 bits per heavy atom. The number of nitrogens with zero attached hydrogens (tertiary/aromatic N) is 3. The highest BCUT2D eigenvalue weighted by Crippen LogP contribution is 2.22. The molecule has 2 aromatic rings. The molecule has 0 amide bonds. The zero-order valence-electron chi connectivity index (χ0n) is 14.9. The van der Waals surface area contributed by atoms with E-state index in [0.717, 1.165) is 29.4 Å². The van der Waals surface area contributed by atoms with Gasteiger partial charge in [0, 0.05) is 30.6 Å². The standard InChI is InChI=1S/C17H23ClN4O4/c1-20(2)10-9-13-11-21(16-6-4-3-5-15(13)16)17(23)8-7-14(19-18)12-26-22(24)25/h3-6,11,14,19H,7-10,12H2,1-2H3. The Kier molecular flexibility index (Phi) is 7.38. The molecule has 9 heteroatoms. The van der Waals surface area contributed by atoms with E-state index in [0.29, 0.717) is 6.42 Å². The first-order valence-electron chi connectivity index (χ1n) is 8.32. The number of hydrogen-bond donors (Lipinski definition) is 1. The number of para-hydroxylation sites is 1. The molecule has 26 heavy (non-hydrogen) atoms. The molecule has 8 nitrogen and oxygen atoms in total. The van der Waals surface area contributed by atoms with Crippen molar-refractivity contribution < 1.29 is 14.7 Å². The van der Waals surface area contributed by atoms with Crippen LogP contribution in [0.25, 0.3) is 10.9 Å². The summed E-state index contributed by atoms with van der Waals surface area (Å²) < 4.78 is 1.65. The van der Waals surface area contributed by atoms with Crippen LogP contribution in [-0.4, -0.2) is 53.7 Å². The van der Waals surface area contributed by atoms with E-state index < -0.39 is 11.1 Å². The number of benzene rings is 1. The zero-order valence-corrected chi connectivity index (χ0v) is 15.6. The number of halogens is 1.